The van der Waals surface area contributed by atoms with Gasteiger partial charge in [0.1, 0.15) is 0 Å². The molecule has 1 atom stereocenters. The number of aromatic nitrogens is 1. The fourth-order valence-electron chi connectivity index (χ4n) is 1.62. The van der Waals surface area contributed by atoms with E-state index >= 15 is 0 Å². The van der Waals surface area contributed by atoms with Gasteiger partial charge < -0.3 is 10.4 Å². The van der Waals surface area contributed by atoms with E-state index < -0.39 is 6.10 Å². The zero-order chi connectivity index (χ0) is 13.7. The molecule has 0 aliphatic heterocycles. The molecule has 0 bridgehead atoms. The molecule has 4 nitrogen and oxygen atoms in total. The number of aliphatic hydroxyl groups excluding tert-OH is 1. The van der Waals surface area contributed by atoms with E-state index in [4.69, 9.17) is 11.6 Å². The number of benzene rings is 1. The average Bonchev–Trinajstić information content (AvgIpc) is 2.46. The second-order valence-corrected chi connectivity index (χ2v) is 4.40. The van der Waals surface area contributed by atoms with Gasteiger partial charge in [0.2, 0.25) is 0 Å². The Kier molecular flexibility index (Phi) is 4.49. The predicted octanol–water partition coefficient (Wildman–Crippen LogP) is 2.20. The van der Waals surface area contributed by atoms with E-state index in [-0.39, 0.29) is 12.5 Å². The first-order valence-corrected chi connectivity index (χ1v) is 6.17. The van der Waals surface area contributed by atoms with Crippen molar-refractivity contribution >= 4 is 17.5 Å². The van der Waals surface area contributed by atoms with E-state index in [2.05, 4.69) is 10.3 Å². The molecule has 0 radical (unpaired) electrons. The molecule has 1 aromatic heterocycles. The Bertz CT molecular complexity index is 560. The van der Waals surface area contributed by atoms with Crippen LogP contribution in [0.2, 0.25) is 5.02 Å². The van der Waals surface area contributed by atoms with Crippen molar-refractivity contribution < 1.29 is 9.90 Å². The van der Waals surface area contributed by atoms with Crippen LogP contribution in [-0.2, 0) is 0 Å². The van der Waals surface area contributed by atoms with Crippen molar-refractivity contribution in [2.24, 2.45) is 0 Å². The third-order valence-electron chi connectivity index (χ3n) is 2.65. The molecular weight excluding hydrogens is 264 g/mol. The second-order valence-electron chi connectivity index (χ2n) is 3.99. The van der Waals surface area contributed by atoms with Crippen LogP contribution in [-0.4, -0.2) is 22.5 Å². The number of carbonyl (C=O) groups excluding carboxylic acids is 1. The number of hydrogen-bond donors (Lipinski definition) is 2. The summed E-state index contributed by atoms with van der Waals surface area (Å²) >= 11 is 5.89. The summed E-state index contributed by atoms with van der Waals surface area (Å²) in [5.74, 6) is -0.354. The summed E-state index contributed by atoms with van der Waals surface area (Å²) in [5, 5.41) is 12.9. The van der Waals surface area contributed by atoms with Crippen LogP contribution in [0.1, 0.15) is 22.0 Å². The summed E-state index contributed by atoms with van der Waals surface area (Å²) in [4.78, 5) is 15.7. The van der Waals surface area contributed by atoms with Gasteiger partial charge in [-0.1, -0.05) is 41.9 Å². The van der Waals surface area contributed by atoms with Gasteiger partial charge in [-0.15, -0.1) is 0 Å². The molecule has 0 aliphatic rings. The first-order valence-electron chi connectivity index (χ1n) is 5.79. The number of nitrogens with zero attached hydrogens (tertiary/aromatic N) is 1. The van der Waals surface area contributed by atoms with Crippen LogP contribution < -0.4 is 5.32 Å². The first kappa shape index (κ1) is 13.5. The molecule has 1 amide bonds. The normalized spacial score (nSPS) is 11.9. The predicted molar refractivity (Wildman–Crippen MR) is 73.0 cm³/mol. The molecule has 0 saturated carbocycles. The SMILES string of the molecule is O=C(NCC(O)c1ccccc1)c1cnccc1Cl. The Morgan fingerprint density at radius 1 is 1.32 bits per heavy atom. The lowest BCUT2D eigenvalue weighted by molar-refractivity contribution is 0.0916. The monoisotopic (exact) mass is 276 g/mol. The molecular formula is C14H13ClN2O2. The average molecular weight is 277 g/mol. The molecule has 1 unspecified atom stereocenters. The highest BCUT2D eigenvalue weighted by Crippen LogP contribution is 2.14. The smallest absolute Gasteiger partial charge is 0.254 e. The van der Waals surface area contributed by atoms with Crippen LogP contribution in [0, 0.1) is 0 Å². The number of hydrogen-bond acceptors (Lipinski definition) is 3. The first-order chi connectivity index (χ1) is 9.18. The molecule has 2 aromatic rings. The van der Waals surface area contributed by atoms with Gasteiger partial charge in [0.15, 0.2) is 0 Å². The maximum atomic E-state index is 11.9. The standard InChI is InChI=1S/C14H13ClN2O2/c15-12-6-7-16-8-11(12)14(19)17-9-13(18)10-4-2-1-3-5-10/h1-8,13,18H,9H2,(H,17,19). The van der Waals surface area contributed by atoms with Gasteiger partial charge in [-0.3, -0.25) is 9.78 Å². The summed E-state index contributed by atoms with van der Waals surface area (Å²) in [7, 11) is 0. The molecule has 0 spiro atoms. The number of amides is 1. The number of rotatable bonds is 4. The molecule has 0 aliphatic carbocycles. The molecule has 98 valence electrons. The van der Waals surface area contributed by atoms with Crippen molar-refractivity contribution in [2.45, 2.75) is 6.10 Å². The Balaban J connectivity index is 1.96. The highest BCUT2D eigenvalue weighted by Gasteiger charge is 2.12. The minimum absolute atomic E-state index is 0.119. The van der Waals surface area contributed by atoms with Crippen molar-refractivity contribution in [2.75, 3.05) is 6.54 Å². The van der Waals surface area contributed by atoms with Crippen molar-refractivity contribution in [3.63, 3.8) is 0 Å². The molecule has 0 fully saturated rings. The quantitative estimate of drug-likeness (QED) is 0.900. The van der Waals surface area contributed by atoms with Gasteiger partial charge in [-0.2, -0.15) is 0 Å². The summed E-state index contributed by atoms with van der Waals surface area (Å²) < 4.78 is 0. The molecule has 1 heterocycles. The maximum Gasteiger partial charge on any atom is 0.254 e. The Morgan fingerprint density at radius 2 is 2.05 bits per heavy atom. The summed E-state index contributed by atoms with van der Waals surface area (Å²) in [6.07, 6.45) is 2.16. The lowest BCUT2D eigenvalue weighted by Crippen LogP contribution is -2.28. The number of aliphatic hydroxyl groups is 1. The lowest BCUT2D eigenvalue weighted by atomic mass is 10.1. The molecule has 2 N–H and O–H groups in total. The Morgan fingerprint density at radius 3 is 2.74 bits per heavy atom. The number of carbonyl (C=O) groups is 1. The molecule has 5 heteroatoms. The number of halogens is 1. The topological polar surface area (TPSA) is 62.2 Å². The highest BCUT2D eigenvalue weighted by molar-refractivity contribution is 6.33. The van der Waals surface area contributed by atoms with Gasteiger partial charge in [0.05, 0.1) is 16.7 Å². The number of nitrogens with one attached hydrogen (secondary N) is 1. The lowest BCUT2D eigenvalue weighted by Gasteiger charge is -2.12. The van der Waals surface area contributed by atoms with Crippen LogP contribution in [0.5, 0.6) is 0 Å². The molecule has 19 heavy (non-hydrogen) atoms. The van der Waals surface area contributed by atoms with Gasteiger partial charge in [0.25, 0.3) is 5.91 Å². The van der Waals surface area contributed by atoms with Crippen LogP contribution in [0.15, 0.2) is 48.8 Å². The second kappa shape index (κ2) is 6.31. The molecule has 0 saturated heterocycles. The van der Waals surface area contributed by atoms with E-state index in [9.17, 15) is 9.90 Å². The third kappa shape index (κ3) is 3.53. The fourth-order valence-corrected chi connectivity index (χ4v) is 1.81. The zero-order valence-electron chi connectivity index (χ0n) is 10.1. The van der Waals surface area contributed by atoms with E-state index in [1.54, 1.807) is 18.2 Å². The fraction of sp³-hybridized carbons (Fsp3) is 0.143. The van der Waals surface area contributed by atoms with Crippen molar-refractivity contribution in [3.8, 4) is 0 Å². The van der Waals surface area contributed by atoms with Crippen LogP contribution in [0.4, 0.5) is 0 Å². The van der Waals surface area contributed by atoms with E-state index in [0.29, 0.717) is 10.6 Å². The molecule has 2 rings (SSSR count). The minimum Gasteiger partial charge on any atom is -0.387 e. The third-order valence-corrected chi connectivity index (χ3v) is 2.98. The van der Waals surface area contributed by atoms with Gasteiger partial charge >= 0.3 is 0 Å². The van der Waals surface area contributed by atoms with Crippen molar-refractivity contribution in [3.05, 3.63) is 64.9 Å². The summed E-state index contributed by atoms with van der Waals surface area (Å²) in [6.45, 7) is 0.119. The van der Waals surface area contributed by atoms with E-state index in [0.717, 1.165) is 5.56 Å². The highest BCUT2D eigenvalue weighted by atomic mass is 35.5. The van der Waals surface area contributed by atoms with E-state index in [1.165, 1.54) is 12.4 Å². The van der Waals surface area contributed by atoms with Crippen LogP contribution in [0.3, 0.4) is 0 Å². The van der Waals surface area contributed by atoms with Gasteiger partial charge in [-0.05, 0) is 11.6 Å². The molecule has 1 aromatic carbocycles. The largest absolute Gasteiger partial charge is 0.387 e. The summed E-state index contributed by atoms with van der Waals surface area (Å²) in [6, 6.07) is 10.7. The van der Waals surface area contributed by atoms with Crippen LogP contribution in [0.25, 0.3) is 0 Å². The number of pyridine rings is 1. The Hall–Kier alpha value is -1.91. The van der Waals surface area contributed by atoms with Gasteiger partial charge in [-0.25, -0.2) is 0 Å². The minimum atomic E-state index is -0.749. The van der Waals surface area contributed by atoms with Crippen molar-refractivity contribution in [1.82, 2.24) is 10.3 Å². The van der Waals surface area contributed by atoms with Gasteiger partial charge in [0, 0.05) is 18.9 Å². The Labute approximate surface area is 116 Å². The van der Waals surface area contributed by atoms with Crippen molar-refractivity contribution in [1.29, 1.82) is 0 Å². The van der Waals surface area contributed by atoms with Crippen LogP contribution >= 0.6 is 11.6 Å². The summed E-state index contributed by atoms with van der Waals surface area (Å²) in [5.41, 5.74) is 1.05. The maximum absolute atomic E-state index is 11.9. The van der Waals surface area contributed by atoms with E-state index in [1.807, 2.05) is 18.2 Å². The zero-order valence-corrected chi connectivity index (χ0v) is 10.8.